The summed E-state index contributed by atoms with van der Waals surface area (Å²) in [6.07, 6.45) is 0.657. The average molecular weight is 444 g/mol. The predicted molar refractivity (Wildman–Crippen MR) is 115 cm³/mol. The van der Waals surface area contributed by atoms with Crippen LogP contribution in [-0.2, 0) is 19.6 Å². The number of benzene rings is 1. The SMILES string of the molecule is CCOCCCN(C(=O)c1cccc(S(=O)(=O)N(C)OC)c1)C1=NC(C)(C)CS1. The van der Waals surface area contributed by atoms with Crippen molar-refractivity contribution in [3.63, 3.8) is 0 Å². The van der Waals surface area contributed by atoms with Gasteiger partial charge in [0, 0.05) is 38.1 Å². The van der Waals surface area contributed by atoms with Crippen LogP contribution < -0.4 is 0 Å². The van der Waals surface area contributed by atoms with Gasteiger partial charge >= 0.3 is 0 Å². The van der Waals surface area contributed by atoms with E-state index < -0.39 is 10.0 Å². The minimum Gasteiger partial charge on any atom is -0.382 e. The Hall–Kier alpha value is -1.46. The Labute approximate surface area is 177 Å². The molecule has 1 heterocycles. The van der Waals surface area contributed by atoms with E-state index in [4.69, 9.17) is 9.57 Å². The first-order valence-electron chi connectivity index (χ1n) is 9.38. The molecule has 0 N–H and O–H groups in total. The molecule has 0 saturated heterocycles. The molecule has 0 aromatic heterocycles. The zero-order chi connectivity index (χ0) is 21.7. The first-order valence-corrected chi connectivity index (χ1v) is 11.8. The van der Waals surface area contributed by atoms with Gasteiger partial charge in [-0.25, -0.2) is 8.42 Å². The Kier molecular flexibility index (Phi) is 8.24. The third kappa shape index (κ3) is 6.02. The number of hydroxylamine groups is 1. The van der Waals surface area contributed by atoms with Crippen molar-refractivity contribution in [1.29, 1.82) is 0 Å². The highest BCUT2D eigenvalue weighted by atomic mass is 32.2. The Balaban J connectivity index is 2.32. The molecule has 2 rings (SSSR count). The molecule has 0 aliphatic carbocycles. The van der Waals surface area contributed by atoms with Crippen molar-refractivity contribution in [3.8, 4) is 0 Å². The smallest absolute Gasteiger partial charge is 0.264 e. The summed E-state index contributed by atoms with van der Waals surface area (Å²) in [5.41, 5.74) is 0.0325. The molecular weight excluding hydrogens is 414 g/mol. The summed E-state index contributed by atoms with van der Waals surface area (Å²) in [5, 5.41) is 0.652. The fourth-order valence-corrected chi connectivity index (χ4v) is 4.86. The standard InChI is InChI=1S/C19H29N3O5S2/c1-6-27-12-8-11-22(18-20-19(2,3)14-28-18)17(23)15-9-7-10-16(13-15)29(24,25)21(4)26-5/h7,9-10,13H,6,8,11-12,14H2,1-5H3. The summed E-state index contributed by atoms with van der Waals surface area (Å²) in [6, 6.07) is 5.96. The highest BCUT2D eigenvalue weighted by Gasteiger charge is 2.32. The molecule has 0 radical (unpaired) electrons. The number of amidine groups is 1. The number of thioether (sulfide) groups is 1. The van der Waals surface area contributed by atoms with Crippen LogP contribution in [0.25, 0.3) is 0 Å². The topological polar surface area (TPSA) is 88.5 Å². The summed E-state index contributed by atoms with van der Waals surface area (Å²) >= 11 is 1.53. The maximum Gasteiger partial charge on any atom is 0.264 e. The zero-order valence-electron chi connectivity index (χ0n) is 17.5. The second-order valence-electron chi connectivity index (χ2n) is 7.13. The molecule has 1 aromatic carbocycles. The molecule has 0 spiro atoms. The van der Waals surface area contributed by atoms with Gasteiger partial charge in [-0.1, -0.05) is 22.3 Å². The lowest BCUT2D eigenvalue weighted by Crippen LogP contribution is -2.36. The monoisotopic (exact) mass is 443 g/mol. The number of sulfonamides is 1. The van der Waals surface area contributed by atoms with Crippen molar-refractivity contribution in [3.05, 3.63) is 29.8 Å². The lowest BCUT2D eigenvalue weighted by atomic mass is 10.1. The average Bonchev–Trinajstić information content (AvgIpc) is 3.06. The van der Waals surface area contributed by atoms with E-state index in [2.05, 4.69) is 4.99 Å². The van der Waals surface area contributed by atoms with Gasteiger partial charge in [-0.05, 0) is 45.4 Å². The quantitative estimate of drug-likeness (QED) is 0.431. The molecule has 10 heteroatoms. The number of carbonyl (C=O) groups excluding carboxylic acids is 1. The van der Waals surface area contributed by atoms with Crippen LogP contribution in [-0.4, -0.2) is 74.1 Å². The molecule has 0 bridgehead atoms. The molecule has 1 aromatic rings. The van der Waals surface area contributed by atoms with Crippen molar-refractivity contribution in [2.75, 3.05) is 39.7 Å². The number of aliphatic imine (C=N–C) groups is 1. The van der Waals surface area contributed by atoms with Crippen LogP contribution in [0.5, 0.6) is 0 Å². The normalized spacial score (nSPS) is 16.1. The van der Waals surface area contributed by atoms with Gasteiger partial charge in [-0.2, -0.15) is 0 Å². The second kappa shape index (κ2) is 10.0. The number of hydrogen-bond donors (Lipinski definition) is 0. The number of hydrogen-bond acceptors (Lipinski definition) is 7. The van der Waals surface area contributed by atoms with Gasteiger partial charge < -0.3 is 4.74 Å². The van der Waals surface area contributed by atoms with Crippen molar-refractivity contribution >= 4 is 32.9 Å². The summed E-state index contributed by atoms with van der Waals surface area (Å²) in [5.74, 6) is 0.493. The fourth-order valence-electron chi connectivity index (χ4n) is 2.65. The van der Waals surface area contributed by atoms with Crippen LogP contribution in [0, 0.1) is 0 Å². The Bertz CT molecular complexity index is 855. The van der Waals surface area contributed by atoms with Crippen LogP contribution in [0.15, 0.2) is 34.2 Å². The fraction of sp³-hybridized carbons (Fsp3) is 0.579. The molecule has 29 heavy (non-hydrogen) atoms. The van der Waals surface area contributed by atoms with Crippen LogP contribution in [0.2, 0.25) is 0 Å². The van der Waals surface area contributed by atoms with Gasteiger partial charge in [0.05, 0.1) is 17.5 Å². The van der Waals surface area contributed by atoms with Crippen LogP contribution in [0.3, 0.4) is 0 Å². The van der Waals surface area contributed by atoms with E-state index in [0.29, 0.717) is 31.3 Å². The van der Waals surface area contributed by atoms with E-state index in [9.17, 15) is 13.2 Å². The van der Waals surface area contributed by atoms with Gasteiger partial charge in [0.1, 0.15) is 0 Å². The van der Waals surface area contributed by atoms with Crippen molar-refractivity contribution in [1.82, 2.24) is 9.37 Å². The van der Waals surface area contributed by atoms with E-state index in [1.54, 1.807) is 17.0 Å². The molecule has 162 valence electrons. The largest absolute Gasteiger partial charge is 0.382 e. The lowest BCUT2D eigenvalue weighted by Gasteiger charge is -2.22. The van der Waals surface area contributed by atoms with Gasteiger partial charge in [-0.15, -0.1) is 0 Å². The lowest BCUT2D eigenvalue weighted by molar-refractivity contribution is -0.0258. The number of nitrogens with zero attached hydrogens (tertiary/aromatic N) is 3. The molecule has 0 saturated carbocycles. The van der Waals surface area contributed by atoms with E-state index in [0.717, 1.165) is 10.2 Å². The number of carbonyl (C=O) groups is 1. The third-order valence-corrected chi connectivity index (χ3v) is 7.37. The summed E-state index contributed by atoms with van der Waals surface area (Å²) < 4.78 is 31.2. The molecular formula is C19H29N3O5S2. The van der Waals surface area contributed by atoms with E-state index in [1.807, 2.05) is 20.8 Å². The van der Waals surface area contributed by atoms with Gasteiger partial charge in [0.25, 0.3) is 15.9 Å². The first-order chi connectivity index (χ1) is 13.6. The van der Waals surface area contributed by atoms with Gasteiger partial charge in [-0.3, -0.25) is 19.5 Å². The number of amides is 1. The minimum atomic E-state index is -3.85. The predicted octanol–water partition coefficient (Wildman–Crippen LogP) is 2.62. The number of rotatable bonds is 9. The molecule has 0 fully saturated rings. The van der Waals surface area contributed by atoms with Gasteiger partial charge in [0.2, 0.25) is 0 Å². The van der Waals surface area contributed by atoms with Crippen molar-refractivity contribution < 1.29 is 22.8 Å². The molecule has 8 nitrogen and oxygen atoms in total. The Morgan fingerprint density at radius 3 is 2.66 bits per heavy atom. The van der Waals surface area contributed by atoms with Crippen LogP contribution >= 0.6 is 11.8 Å². The highest BCUT2D eigenvalue weighted by Crippen LogP contribution is 2.30. The maximum absolute atomic E-state index is 13.3. The highest BCUT2D eigenvalue weighted by molar-refractivity contribution is 8.14. The van der Waals surface area contributed by atoms with E-state index >= 15 is 0 Å². The van der Waals surface area contributed by atoms with Crippen molar-refractivity contribution in [2.45, 2.75) is 37.6 Å². The Morgan fingerprint density at radius 1 is 1.34 bits per heavy atom. The zero-order valence-corrected chi connectivity index (χ0v) is 19.2. The minimum absolute atomic E-state index is 0.0108. The van der Waals surface area contributed by atoms with Crippen molar-refractivity contribution in [2.24, 2.45) is 4.99 Å². The third-order valence-electron chi connectivity index (χ3n) is 4.28. The molecule has 0 unspecified atom stereocenters. The summed E-state index contributed by atoms with van der Waals surface area (Å²) in [6.45, 7) is 7.55. The first kappa shape index (κ1) is 23.8. The summed E-state index contributed by atoms with van der Waals surface area (Å²) in [7, 11) is -1.28. The molecule has 1 amide bonds. The second-order valence-corrected chi connectivity index (χ2v) is 10.0. The van der Waals surface area contributed by atoms with E-state index in [-0.39, 0.29) is 21.9 Å². The molecule has 0 atom stereocenters. The van der Waals surface area contributed by atoms with Crippen LogP contribution in [0.1, 0.15) is 37.6 Å². The summed E-state index contributed by atoms with van der Waals surface area (Å²) in [4.78, 5) is 24.4. The van der Waals surface area contributed by atoms with E-state index in [1.165, 1.54) is 38.1 Å². The maximum atomic E-state index is 13.3. The Morgan fingerprint density at radius 2 is 2.07 bits per heavy atom. The molecule has 1 aliphatic rings. The van der Waals surface area contributed by atoms with Crippen LogP contribution in [0.4, 0.5) is 0 Å². The number of ether oxygens (including phenoxy) is 1. The molecule has 1 aliphatic heterocycles. The van der Waals surface area contributed by atoms with Gasteiger partial charge in [0.15, 0.2) is 5.17 Å².